The van der Waals surface area contributed by atoms with Crippen molar-refractivity contribution in [1.82, 2.24) is 0 Å². The molecule has 1 fully saturated rings. The molecule has 0 amide bonds. The Balaban J connectivity index is 0.00000180. The van der Waals surface area contributed by atoms with Crippen LogP contribution in [0.2, 0.25) is 0 Å². The number of hydrogen-bond acceptors (Lipinski definition) is 0. The van der Waals surface area contributed by atoms with Crippen LogP contribution in [-0.4, -0.2) is 5.92 Å². The molecule has 2 heteroatoms. The Kier molecular flexibility index (Phi) is 6.47. The predicted octanol–water partition coefficient (Wildman–Crippen LogP) is 5.86. The summed E-state index contributed by atoms with van der Waals surface area (Å²) in [5.41, 5.74) is 1.38. The van der Waals surface area contributed by atoms with Gasteiger partial charge in [0.2, 0.25) is 5.92 Å². The molecule has 1 aromatic rings. The van der Waals surface area contributed by atoms with Crippen LogP contribution in [0.3, 0.4) is 0 Å². The number of aryl methyl sites for hydroxylation is 1. The van der Waals surface area contributed by atoms with Crippen LogP contribution in [0.4, 0.5) is 8.78 Å². The van der Waals surface area contributed by atoms with Gasteiger partial charge in [0.25, 0.3) is 0 Å². The van der Waals surface area contributed by atoms with Crippen LogP contribution < -0.4 is 0 Å². The van der Waals surface area contributed by atoms with E-state index >= 15 is 0 Å². The molecule has 0 radical (unpaired) electrons. The van der Waals surface area contributed by atoms with Crippen molar-refractivity contribution in [3.8, 4) is 0 Å². The Morgan fingerprint density at radius 3 is 2.26 bits per heavy atom. The highest BCUT2D eigenvalue weighted by Crippen LogP contribution is 2.37. The molecule has 19 heavy (non-hydrogen) atoms. The molecule has 0 atom stereocenters. The maximum absolute atomic E-state index is 13.0. The third-order valence-corrected chi connectivity index (χ3v) is 4.01. The minimum absolute atomic E-state index is 0. The fraction of sp³-hybridized carbons (Fsp3) is 0.647. The van der Waals surface area contributed by atoms with Gasteiger partial charge in [-0.1, -0.05) is 50.6 Å². The number of hydrogen-bond donors (Lipinski definition) is 0. The average Bonchev–Trinajstić information content (AvgIpc) is 2.37. The van der Waals surface area contributed by atoms with Gasteiger partial charge in [-0.25, -0.2) is 8.78 Å². The van der Waals surface area contributed by atoms with Crippen molar-refractivity contribution in [2.75, 3.05) is 0 Å². The zero-order chi connectivity index (χ0) is 12.8. The molecule has 0 nitrogen and oxygen atoms in total. The molecule has 1 saturated carbocycles. The van der Waals surface area contributed by atoms with Gasteiger partial charge < -0.3 is 0 Å². The van der Waals surface area contributed by atoms with Gasteiger partial charge in [-0.15, -0.1) is 0 Å². The van der Waals surface area contributed by atoms with Crippen LogP contribution in [0.5, 0.6) is 0 Å². The Bertz CT molecular complexity index is 336. The summed E-state index contributed by atoms with van der Waals surface area (Å²) in [7, 11) is 0. The molecule has 1 aliphatic carbocycles. The molecule has 0 spiro atoms. The van der Waals surface area contributed by atoms with Crippen LogP contribution >= 0.6 is 0 Å². The van der Waals surface area contributed by atoms with Gasteiger partial charge in [0.15, 0.2) is 0 Å². The third-order valence-electron chi connectivity index (χ3n) is 4.01. The Hall–Kier alpha value is -0.920. The largest absolute Gasteiger partial charge is 0.248 e. The van der Waals surface area contributed by atoms with Crippen LogP contribution in [0, 0.1) is 5.92 Å². The Morgan fingerprint density at radius 1 is 1.00 bits per heavy atom. The van der Waals surface area contributed by atoms with E-state index < -0.39 is 5.92 Å². The van der Waals surface area contributed by atoms with Gasteiger partial charge in [0.05, 0.1) is 0 Å². The maximum Gasteiger partial charge on any atom is 0.248 e. The number of rotatable bonds is 5. The first kappa shape index (κ1) is 16.1. The fourth-order valence-electron chi connectivity index (χ4n) is 2.80. The Labute approximate surface area is 116 Å². The minimum atomic E-state index is -2.37. The molecule has 0 heterocycles. The monoisotopic (exact) mass is 268 g/mol. The fourth-order valence-corrected chi connectivity index (χ4v) is 2.80. The third kappa shape index (κ3) is 5.71. The minimum Gasteiger partial charge on any atom is -0.207 e. The molecule has 0 bridgehead atoms. The lowest BCUT2D eigenvalue weighted by molar-refractivity contribution is -0.0466. The normalized spacial score (nSPS) is 18.8. The van der Waals surface area contributed by atoms with E-state index in [2.05, 4.69) is 24.3 Å². The highest BCUT2D eigenvalue weighted by atomic mass is 19.3. The quantitative estimate of drug-likeness (QED) is 0.587. The summed E-state index contributed by atoms with van der Waals surface area (Å²) < 4.78 is 26.0. The average molecular weight is 268 g/mol. The summed E-state index contributed by atoms with van der Waals surface area (Å²) in [5.74, 6) is -1.83. The highest BCUT2D eigenvalue weighted by molar-refractivity contribution is 5.14. The summed E-state index contributed by atoms with van der Waals surface area (Å²) in [5, 5.41) is 0. The van der Waals surface area contributed by atoms with Crippen molar-refractivity contribution in [1.29, 1.82) is 0 Å². The van der Waals surface area contributed by atoms with Crippen LogP contribution in [0.15, 0.2) is 30.3 Å². The van der Waals surface area contributed by atoms with Crippen molar-refractivity contribution in [3.05, 3.63) is 35.9 Å². The first-order valence-corrected chi connectivity index (χ1v) is 7.07. The van der Waals surface area contributed by atoms with Crippen molar-refractivity contribution in [3.63, 3.8) is 0 Å². The van der Waals surface area contributed by atoms with E-state index in [1.165, 1.54) is 18.4 Å². The van der Waals surface area contributed by atoms with E-state index in [1.54, 1.807) is 0 Å². The van der Waals surface area contributed by atoms with Gasteiger partial charge in [-0.3, -0.25) is 0 Å². The number of unbranched alkanes of at least 4 members (excludes halogenated alkanes) is 1. The zero-order valence-corrected chi connectivity index (χ0v) is 10.9. The molecule has 2 rings (SSSR count). The molecule has 0 saturated heterocycles. The summed E-state index contributed by atoms with van der Waals surface area (Å²) in [6.07, 6.45) is 6.25. The van der Waals surface area contributed by atoms with Crippen LogP contribution in [0.1, 0.15) is 57.9 Å². The molecule has 1 aliphatic rings. The lowest BCUT2D eigenvalue weighted by atomic mass is 9.83. The van der Waals surface area contributed by atoms with Crippen molar-refractivity contribution >= 4 is 0 Å². The number of halogens is 2. The molecule has 1 aromatic carbocycles. The van der Waals surface area contributed by atoms with E-state index in [0.717, 1.165) is 25.7 Å². The molecule has 0 N–H and O–H groups in total. The maximum atomic E-state index is 13.0. The van der Waals surface area contributed by atoms with Crippen molar-refractivity contribution in [2.24, 2.45) is 5.92 Å². The first-order chi connectivity index (χ1) is 8.66. The van der Waals surface area contributed by atoms with Gasteiger partial charge in [0, 0.05) is 12.8 Å². The van der Waals surface area contributed by atoms with Crippen molar-refractivity contribution in [2.45, 2.75) is 64.7 Å². The van der Waals surface area contributed by atoms with Gasteiger partial charge in [0.1, 0.15) is 0 Å². The van der Waals surface area contributed by atoms with E-state index in [9.17, 15) is 8.78 Å². The Morgan fingerprint density at radius 2 is 1.63 bits per heavy atom. The molecular weight excluding hydrogens is 242 g/mol. The highest BCUT2D eigenvalue weighted by Gasteiger charge is 2.34. The summed E-state index contributed by atoms with van der Waals surface area (Å²) in [4.78, 5) is 0. The van der Waals surface area contributed by atoms with E-state index in [1.807, 2.05) is 6.07 Å². The van der Waals surface area contributed by atoms with E-state index in [-0.39, 0.29) is 20.3 Å². The van der Waals surface area contributed by atoms with Crippen molar-refractivity contribution < 1.29 is 8.78 Å². The van der Waals surface area contributed by atoms with Gasteiger partial charge in [-0.2, -0.15) is 0 Å². The standard InChI is InChI=1S/C16H22F2.CH4/c17-16(18)12-10-15(11-13-16)9-5-4-8-14-6-2-1-3-7-14;/h1-3,6-7,15H,4-5,8-13H2;1H4. The van der Waals surface area contributed by atoms with Crippen LogP contribution in [0.25, 0.3) is 0 Å². The molecule has 0 aromatic heterocycles. The van der Waals surface area contributed by atoms with Gasteiger partial charge >= 0.3 is 0 Å². The lowest BCUT2D eigenvalue weighted by Crippen LogP contribution is -2.24. The second-order valence-electron chi connectivity index (χ2n) is 5.53. The number of benzene rings is 1. The lowest BCUT2D eigenvalue weighted by Gasteiger charge is -2.28. The molecule has 0 aliphatic heterocycles. The SMILES string of the molecule is C.FC1(F)CCC(CCCCc2ccccc2)CC1. The predicted molar refractivity (Wildman–Crippen MR) is 77.6 cm³/mol. The topological polar surface area (TPSA) is 0 Å². The summed E-state index contributed by atoms with van der Waals surface area (Å²) in [6.45, 7) is 0. The molecule has 108 valence electrons. The second-order valence-corrected chi connectivity index (χ2v) is 5.53. The van der Waals surface area contributed by atoms with Crippen LogP contribution in [-0.2, 0) is 6.42 Å². The van der Waals surface area contributed by atoms with Gasteiger partial charge in [-0.05, 0) is 37.2 Å². The first-order valence-electron chi connectivity index (χ1n) is 7.07. The molecular formula is C17H26F2. The molecule has 0 unspecified atom stereocenters. The zero-order valence-electron chi connectivity index (χ0n) is 10.9. The van der Waals surface area contributed by atoms with E-state index in [0.29, 0.717) is 5.92 Å². The summed E-state index contributed by atoms with van der Waals surface area (Å²) in [6, 6.07) is 10.5. The van der Waals surface area contributed by atoms with E-state index in [4.69, 9.17) is 0 Å². The number of alkyl halides is 2. The smallest absolute Gasteiger partial charge is 0.207 e. The summed E-state index contributed by atoms with van der Waals surface area (Å²) >= 11 is 0. The second kappa shape index (κ2) is 7.62.